The smallest absolute Gasteiger partial charge is 0.161 e. The third kappa shape index (κ3) is 4.66. The molecule has 1 saturated heterocycles. The Balaban J connectivity index is 1.83. The van der Waals surface area contributed by atoms with Gasteiger partial charge in [0.1, 0.15) is 11.9 Å². The fourth-order valence-corrected chi connectivity index (χ4v) is 3.76. The highest BCUT2D eigenvalue weighted by molar-refractivity contribution is 5.44. The van der Waals surface area contributed by atoms with Gasteiger partial charge < -0.3 is 24.3 Å². The summed E-state index contributed by atoms with van der Waals surface area (Å²) < 4.78 is 16.7. The summed E-state index contributed by atoms with van der Waals surface area (Å²) in [7, 11) is 3.25. The van der Waals surface area contributed by atoms with Crippen LogP contribution >= 0.6 is 0 Å². The van der Waals surface area contributed by atoms with E-state index in [1.165, 1.54) is 0 Å². The molecule has 0 amide bonds. The van der Waals surface area contributed by atoms with Crippen molar-refractivity contribution in [3.63, 3.8) is 0 Å². The predicted molar refractivity (Wildman–Crippen MR) is 107 cm³/mol. The number of aromatic nitrogens is 2. The molecule has 1 aliphatic rings. The summed E-state index contributed by atoms with van der Waals surface area (Å²) in [6, 6.07) is 5.79. The zero-order valence-corrected chi connectivity index (χ0v) is 17.0. The second-order valence-corrected chi connectivity index (χ2v) is 7.08. The van der Waals surface area contributed by atoms with Crippen molar-refractivity contribution in [3.05, 3.63) is 41.5 Å². The molecule has 1 fully saturated rings. The molecule has 1 aromatic carbocycles. The highest BCUT2D eigenvalue weighted by atomic mass is 16.5. The first kappa shape index (κ1) is 20.6. The Morgan fingerprint density at radius 1 is 1.29 bits per heavy atom. The SMILES string of the molecule is CCCCc1ncc(CN2CCO[C@H](CO)[C@H]2c2ccc(OC)c(OC)c2)[nH]1. The number of H-pyrrole nitrogens is 1. The van der Waals surface area contributed by atoms with E-state index in [2.05, 4.69) is 21.8 Å². The Morgan fingerprint density at radius 3 is 2.82 bits per heavy atom. The number of aliphatic hydroxyl groups is 1. The zero-order chi connectivity index (χ0) is 19.9. The van der Waals surface area contributed by atoms with Crippen LogP contribution in [0.2, 0.25) is 0 Å². The van der Waals surface area contributed by atoms with Crippen LogP contribution in [0.1, 0.15) is 42.9 Å². The third-order valence-corrected chi connectivity index (χ3v) is 5.21. The average molecular weight is 389 g/mol. The van der Waals surface area contributed by atoms with Gasteiger partial charge in [0, 0.05) is 31.4 Å². The van der Waals surface area contributed by atoms with Crippen LogP contribution in [-0.4, -0.2) is 60.1 Å². The van der Waals surface area contributed by atoms with Gasteiger partial charge in [0.05, 0.1) is 33.5 Å². The van der Waals surface area contributed by atoms with Crippen LogP contribution in [0.5, 0.6) is 11.5 Å². The fourth-order valence-electron chi connectivity index (χ4n) is 3.76. The van der Waals surface area contributed by atoms with Crippen molar-refractivity contribution < 1.29 is 19.3 Å². The minimum absolute atomic E-state index is 0.0414. The summed E-state index contributed by atoms with van der Waals surface area (Å²) in [5, 5.41) is 9.91. The standard InChI is InChI=1S/C21H31N3O4/c1-4-5-6-20-22-12-16(23-20)13-24-9-10-28-19(14-25)21(24)15-7-8-17(26-2)18(11-15)27-3/h7-8,11-12,19,21,25H,4-6,9-10,13-14H2,1-3H3,(H,22,23)/t19-,21-/m1/s1. The van der Waals surface area contributed by atoms with Crippen LogP contribution in [0.4, 0.5) is 0 Å². The van der Waals surface area contributed by atoms with Gasteiger partial charge in [0.2, 0.25) is 0 Å². The van der Waals surface area contributed by atoms with Crippen LogP contribution in [-0.2, 0) is 17.7 Å². The van der Waals surface area contributed by atoms with E-state index in [1.54, 1.807) is 14.2 Å². The highest BCUT2D eigenvalue weighted by Gasteiger charge is 2.34. The summed E-state index contributed by atoms with van der Waals surface area (Å²) in [5.41, 5.74) is 2.11. The molecule has 2 aromatic rings. The number of aromatic amines is 1. The number of aryl methyl sites for hydroxylation is 1. The van der Waals surface area contributed by atoms with Gasteiger partial charge in [0.15, 0.2) is 11.5 Å². The second-order valence-electron chi connectivity index (χ2n) is 7.08. The lowest BCUT2D eigenvalue weighted by Crippen LogP contribution is -2.46. The minimum atomic E-state index is -0.297. The Hall–Kier alpha value is -2.09. The maximum Gasteiger partial charge on any atom is 0.161 e. The minimum Gasteiger partial charge on any atom is -0.493 e. The first-order valence-electron chi connectivity index (χ1n) is 9.91. The van der Waals surface area contributed by atoms with Crippen molar-refractivity contribution in [2.75, 3.05) is 34.0 Å². The number of unbranched alkanes of at least 4 members (excludes halogenated alkanes) is 1. The Labute approximate surface area is 166 Å². The summed E-state index contributed by atoms with van der Waals surface area (Å²) in [6.45, 7) is 4.23. The monoisotopic (exact) mass is 389 g/mol. The molecule has 0 radical (unpaired) electrons. The number of methoxy groups -OCH3 is 2. The van der Waals surface area contributed by atoms with Crippen LogP contribution < -0.4 is 9.47 Å². The van der Waals surface area contributed by atoms with Crippen molar-refractivity contribution in [1.29, 1.82) is 0 Å². The molecule has 0 spiro atoms. The lowest BCUT2D eigenvalue weighted by atomic mass is 9.97. The molecule has 1 aliphatic heterocycles. The molecule has 0 saturated carbocycles. The summed E-state index contributed by atoms with van der Waals surface area (Å²) in [4.78, 5) is 10.3. The van der Waals surface area contributed by atoms with Crippen LogP contribution in [0.15, 0.2) is 24.4 Å². The number of imidazole rings is 1. The highest BCUT2D eigenvalue weighted by Crippen LogP contribution is 2.36. The van der Waals surface area contributed by atoms with E-state index >= 15 is 0 Å². The van der Waals surface area contributed by atoms with Crippen molar-refractivity contribution >= 4 is 0 Å². The van der Waals surface area contributed by atoms with Gasteiger partial charge in [0.25, 0.3) is 0 Å². The van der Waals surface area contributed by atoms with E-state index < -0.39 is 0 Å². The largest absolute Gasteiger partial charge is 0.493 e. The quantitative estimate of drug-likeness (QED) is 0.686. The van der Waals surface area contributed by atoms with Crippen molar-refractivity contribution in [2.45, 2.75) is 44.9 Å². The third-order valence-electron chi connectivity index (χ3n) is 5.21. The number of nitrogens with one attached hydrogen (secondary N) is 1. The Bertz CT molecular complexity index is 749. The lowest BCUT2D eigenvalue weighted by Gasteiger charge is -2.40. The van der Waals surface area contributed by atoms with Crippen LogP contribution in [0.3, 0.4) is 0 Å². The molecule has 2 atom stereocenters. The molecule has 0 aliphatic carbocycles. The molecule has 0 bridgehead atoms. The number of benzene rings is 1. The van der Waals surface area contributed by atoms with Gasteiger partial charge in [-0.2, -0.15) is 0 Å². The van der Waals surface area contributed by atoms with Gasteiger partial charge >= 0.3 is 0 Å². The molecule has 7 nitrogen and oxygen atoms in total. The summed E-state index contributed by atoms with van der Waals surface area (Å²) in [6.07, 6.45) is 4.87. The van der Waals surface area contributed by atoms with Crippen LogP contribution in [0, 0.1) is 0 Å². The van der Waals surface area contributed by atoms with Gasteiger partial charge in [-0.1, -0.05) is 19.4 Å². The van der Waals surface area contributed by atoms with Crippen molar-refractivity contribution in [3.8, 4) is 11.5 Å². The molecule has 7 heteroatoms. The topological polar surface area (TPSA) is 79.8 Å². The molecule has 1 aromatic heterocycles. The van der Waals surface area contributed by atoms with E-state index in [9.17, 15) is 5.11 Å². The number of morpholine rings is 1. The van der Waals surface area contributed by atoms with Crippen molar-refractivity contribution in [1.82, 2.24) is 14.9 Å². The second kappa shape index (κ2) is 9.91. The summed E-state index contributed by atoms with van der Waals surface area (Å²) in [5.74, 6) is 2.39. The molecule has 154 valence electrons. The average Bonchev–Trinajstić information content (AvgIpc) is 3.18. The molecule has 28 heavy (non-hydrogen) atoms. The van der Waals surface area contributed by atoms with E-state index in [4.69, 9.17) is 14.2 Å². The number of aliphatic hydroxyl groups excluding tert-OH is 1. The van der Waals surface area contributed by atoms with E-state index in [0.29, 0.717) is 18.1 Å². The first-order chi connectivity index (χ1) is 13.7. The molecule has 2 heterocycles. The maximum atomic E-state index is 9.91. The summed E-state index contributed by atoms with van der Waals surface area (Å²) >= 11 is 0. The first-order valence-corrected chi connectivity index (χ1v) is 9.91. The zero-order valence-electron chi connectivity index (χ0n) is 17.0. The molecular weight excluding hydrogens is 358 g/mol. The molecule has 0 unspecified atom stereocenters. The number of ether oxygens (including phenoxy) is 3. The molecular formula is C21H31N3O4. The fraction of sp³-hybridized carbons (Fsp3) is 0.571. The van der Waals surface area contributed by atoms with E-state index in [0.717, 1.165) is 49.4 Å². The molecule has 3 rings (SSSR count). The number of rotatable bonds is 9. The Morgan fingerprint density at radius 2 is 2.11 bits per heavy atom. The van der Waals surface area contributed by atoms with Gasteiger partial charge in [-0.15, -0.1) is 0 Å². The normalized spacial score (nSPS) is 20.3. The number of nitrogens with zero attached hydrogens (tertiary/aromatic N) is 2. The number of hydrogen-bond donors (Lipinski definition) is 2. The van der Waals surface area contributed by atoms with E-state index in [1.807, 2.05) is 24.4 Å². The van der Waals surface area contributed by atoms with Gasteiger partial charge in [-0.25, -0.2) is 4.98 Å². The number of hydrogen-bond acceptors (Lipinski definition) is 6. The van der Waals surface area contributed by atoms with Gasteiger partial charge in [-0.3, -0.25) is 4.90 Å². The van der Waals surface area contributed by atoms with E-state index in [-0.39, 0.29) is 18.8 Å². The van der Waals surface area contributed by atoms with Crippen LogP contribution in [0.25, 0.3) is 0 Å². The predicted octanol–water partition coefficient (Wildman–Crippen LogP) is 2.70. The van der Waals surface area contributed by atoms with Gasteiger partial charge in [-0.05, 0) is 24.1 Å². The maximum absolute atomic E-state index is 9.91. The van der Waals surface area contributed by atoms with Crippen molar-refractivity contribution in [2.24, 2.45) is 0 Å². The molecule has 2 N–H and O–H groups in total. The lowest BCUT2D eigenvalue weighted by molar-refractivity contribution is -0.0963. The Kier molecular flexibility index (Phi) is 7.30.